The highest BCUT2D eigenvalue weighted by Gasteiger charge is 2.37. The first-order valence-electron chi connectivity index (χ1n) is 16.0. The smallest absolute Gasteiger partial charge is 0.192 e. The van der Waals surface area contributed by atoms with Crippen LogP contribution in [0, 0.1) is 0 Å². The summed E-state index contributed by atoms with van der Waals surface area (Å²) in [5.74, 6) is 1.39. The third-order valence-electron chi connectivity index (χ3n) is 8.40. The third kappa shape index (κ3) is 8.75. The molecule has 46 heavy (non-hydrogen) atoms. The maximum Gasteiger partial charge on any atom is 0.192 e. The lowest BCUT2D eigenvalue weighted by atomic mass is 10.1. The van der Waals surface area contributed by atoms with E-state index in [0.717, 1.165) is 46.4 Å². The predicted octanol–water partition coefficient (Wildman–Crippen LogP) is 7.92. The second kappa shape index (κ2) is 15.0. The van der Waals surface area contributed by atoms with Crippen molar-refractivity contribution in [2.45, 2.75) is 96.8 Å². The van der Waals surface area contributed by atoms with Crippen molar-refractivity contribution in [2.75, 3.05) is 20.3 Å². The van der Waals surface area contributed by atoms with E-state index in [9.17, 15) is 4.55 Å². The normalized spacial score (nSPS) is 14.1. The van der Waals surface area contributed by atoms with Crippen molar-refractivity contribution in [3.63, 3.8) is 0 Å². The minimum atomic E-state index is -1.94. The number of aromatic nitrogens is 4. The van der Waals surface area contributed by atoms with Gasteiger partial charge in [-0.1, -0.05) is 46.2 Å². The number of hydrogen-bond acceptors (Lipinski definition) is 8. The minimum absolute atomic E-state index is 0.111. The molecule has 0 spiro atoms. The Kier molecular flexibility index (Phi) is 11.7. The summed E-state index contributed by atoms with van der Waals surface area (Å²) in [6, 6.07) is 15.9. The second-order valence-electron chi connectivity index (χ2n) is 14.1. The number of benzene rings is 1. The quantitative estimate of drug-likeness (QED) is 0.0823. The topological polar surface area (TPSA) is 106 Å². The van der Waals surface area contributed by atoms with Crippen LogP contribution in [0.3, 0.4) is 0 Å². The average Bonchev–Trinajstić information content (AvgIpc) is 3.43. The standard InChI is InChI=1S/C35H51N5O4SSi/c1-11-14-30(39-45(41)34(2,3)4)29-17-13-16-28(38-29)25-21-31-27(32(22-25)43-20-19-42-8)23-36-40(31)33-18-12-15-26(37-33)24-44-46(9,10)35(5,6)7/h12-13,15-18,21-23,30,39H,11,14,19-20,24H2,1-10H3/t30?,45-/m1/s1. The molecule has 0 amide bonds. The fourth-order valence-electron chi connectivity index (χ4n) is 4.58. The second-order valence-corrected chi connectivity index (χ2v) is 20.9. The molecule has 0 aliphatic heterocycles. The SMILES string of the molecule is CCCC(N[S@+]([O-])C(C)(C)C)c1cccc(-c2cc(OCCOC)c3cnn(-c4cccc(CO[Si](C)(C)C(C)(C)C)n4)c3c2)n1. The first-order valence-corrected chi connectivity index (χ1v) is 20.1. The molecule has 3 aromatic heterocycles. The van der Waals surface area contributed by atoms with Crippen molar-refractivity contribution in [1.29, 1.82) is 0 Å². The lowest BCUT2D eigenvalue weighted by Crippen LogP contribution is -2.41. The van der Waals surface area contributed by atoms with Crippen molar-refractivity contribution in [3.05, 3.63) is 66.1 Å². The molecule has 0 saturated carbocycles. The molecule has 1 N–H and O–H groups in total. The van der Waals surface area contributed by atoms with Crippen LogP contribution in [0.2, 0.25) is 18.1 Å². The van der Waals surface area contributed by atoms with Crippen LogP contribution in [-0.4, -0.2) is 57.7 Å². The van der Waals surface area contributed by atoms with Gasteiger partial charge in [0.05, 0.1) is 53.4 Å². The first kappa shape index (κ1) is 36.0. The number of ether oxygens (including phenoxy) is 2. The van der Waals surface area contributed by atoms with Crippen molar-refractivity contribution in [3.8, 4) is 22.8 Å². The van der Waals surface area contributed by atoms with Gasteiger partial charge in [0.1, 0.15) is 17.1 Å². The van der Waals surface area contributed by atoms with Crippen LogP contribution >= 0.6 is 0 Å². The number of hydrogen-bond donors (Lipinski definition) is 1. The molecule has 11 heteroatoms. The Morgan fingerprint density at radius 2 is 1.74 bits per heavy atom. The number of methoxy groups -OCH3 is 1. The van der Waals surface area contributed by atoms with Crippen LogP contribution in [0.25, 0.3) is 28.0 Å². The van der Waals surface area contributed by atoms with Crippen LogP contribution < -0.4 is 9.46 Å². The summed E-state index contributed by atoms with van der Waals surface area (Å²) < 4.78 is 35.7. The number of rotatable bonds is 14. The molecule has 0 aliphatic carbocycles. The van der Waals surface area contributed by atoms with E-state index >= 15 is 0 Å². The zero-order valence-corrected chi connectivity index (χ0v) is 31.0. The largest absolute Gasteiger partial charge is 0.598 e. The van der Waals surface area contributed by atoms with Crippen LogP contribution in [0.15, 0.2) is 54.7 Å². The molecule has 0 radical (unpaired) electrons. The molecule has 0 bridgehead atoms. The van der Waals surface area contributed by atoms with Crippen molar-refractivity contribution in [2.24, 2.45) is 0 Å². The van der Waals surface area contributed by atoms with Crippen LogP contribution in [-0.2, 0) is 27.1 Å². The molecule has 0 aliphatic rings. The van der Waals surface area contributed by atoms with E-state index in [0.29, 0.717) is 31.4 Å². The summed E-state index contributed by atoms with van der Waals surface area (Å²) in [7, 11) is -0.282. The van der Waals surface area contributed by atoms with Gasteiger partial charge in [0.15, 0.2) is 14.1 Å². The molecule has 9 nitrogen and oxygen atoms in total. The number of nitrogens with zero attached hydrogens (tertiary/aromatic N) is 4. The van der Waals surface area contributed by atoms with Gasteiger partial charge in [0, 0.05) is 24.0 Å². The summed E-state index contributed by atoms with van der Waals surface area (Å²) >= 11 is -1.23. The van der Waals surface area contributed by atoms with E-state index in [1.165, 1.54) is 0 Å². The van der Waals surface area contributed by atoms with Crippen LogP contribution in [0.4, 0.5) is 0 Å². The summed E-state index contributed by atoms with van der Waals surface area (Å²) in [5.41, 5.74) is 4.23. The Hall–Kier alpha value is -2.80. The zero-order valence-electron chi connectivity index (χ0n) is 29.1. The molecule has 0 fully saturated rings. The first-order chi connectivity index (χ1) is 21.6. The molecule has 4 rings (SSSR count). The number of fused-ring (bicyclic) bond motifs is 1. The maximum atomic E-state index is 13.0. The molecule has 3 heterocycles. The fourth-order valence-corrected chi connectivity index (χ4v) is 6.38. The van der Waals surface area contributed by atoms with Crippen molar-refractivity contribution < 1.29 is 18.5 Å². The third-order valence-corrected chi connectivity index (χ3v) is 14.5. The highest BCUT2D eigenvalue weighted by molar-refractivity contribution is 7.90. The van der Waals surface area contributed by atoms with Gasteiger partial charge in [-0.2, -0.15) is 5.10 Å². The highest BCUT2D eigenvalue weighted by Crippen LogP contribution is 2.37. The Labute approximate surface area is 278 Å². The van der Waals surface area contributed by atoms with E-state index in [1.54, 1.807) is 7.11 Å². The van der Waals surface area contributed by atoms with Gasteiger partial charge in [-0.3, -0.25) is 4.98 Å². The minimum Gasteiger partial charge on any atom is -0.598 e. The summed E-state index contributed by atoms with van der Waals surface area (Å²) in [6.07, 6.45) is 3.56. The van der Waals surface area contributed by atoms with Crippen molar-refractivity contribution in [1.82, 2.24) is 24.5 Å². The van der Waals surface area contributed by atoms with Crippen LogP contribution in [0.5, 0.6) is 5.75 Å². The lowest BCUT2D eigenvalue weighted by Gasteiger charge is -2.36. The Bertz CT molecular complexity index is 1600. The van der Waals surface area contributed by atoms with Gasteiger partial charge in [0.2, 0.25) is 0 Å². The predicted molar refractivity (Wildman–Crippen MR) is 190 cm³/mol. The van der Waals surface area contributed by atoms with Gasteiger partial charge >= 0.3 is 0 Å². The summed E-state index contributed by atoms with van der Waals surface area (Å²) in [6.45, 7) is 20.5. The zero-order chi connectivity index (χ0) is 33.7. The van der Waals surface area contributed by atoms with Gasteiger partial charge in [0.25, 0.3) is 0 Å². The average molecular weight is 666 g/mol. The molecular formula is C35H51N5O4SSi. The fraction of sp³-hybridized carbons (Fsp3) is 0.514. The monoisotopic (exact) mass is 665 g/mol. The molecule has 2 atom stereocenters. The number of nitrogens with one attached hydrogen (secondary N) is 1. The maximum absolute atomic E-state index is 13.0. The Balaban J connectivity index is 1.75. The molecule has 0 saturated heterocycles. The molecule has 4 aromatic rings. The van der Waals surface area contributed by atoms with E-state index in [2.05, 4.69) is 51.6 Å². The van der Waals surface area contributed by atoms with Gasteiger partial charge in [-0.25, -0.2) is 9.67 Å². The molecule has 1 unspecified atom stereocenters. The number of pyridine rings is 2. The molecular weight excluding hydrogens is 615 g/mol. The van der Waals surface area contributed by atoms with E-state index in [4.69, 9.17) is 29.0 Å². The summed E-state index contributed by atoms with van der Waals surface area (Å²) in [5, 5.41) is 5.73. The Morgan fingerprint density at radius 3 is 2.41 bits per heavy atom. The van der Waals surface area contributed by atoms with Crippen LogP contribution in [0.1, 0.15) is 78.7 Å². The molecule has 1 aromatic carbocycles. The highest BCUT2D eigenvalue weighted by atomic mass is 32.2. The van der Waals surface area contributed by atoms with Gasteiger partial charge in [-0.15, -0.1) is 4.72 Å². The lowest BCUT2D eigenvalue weighted by molar-refractivity contribution is 0.147. The van der Waals surface area contributed by atoms with Crippen molar-refractivity contribution >= 4 is 30.6 Å². The Morgan fingerprint density at radius 1 is 1.00 bits per heavy atom. The van der Waals surface area contributed by atoms with E-state index < -0.39 is 19.7 Å². The van der Waals surface area contributed by atoms with Gasteiger partial charge < -0.3 is 18.5 Å². The molecule has 250 valence electrons. The summed E-state index contributed by atoms with van der Waals surface area (Å²) in [4.78, 5) is 10.0. The van der Waals surface area contributed by atoms with E-state index in [-0.39, 0.29) is 15.8 Å². The van der Waals surface area contributed by atoms with Gasteiger partial charge in [-0.05, 0) is 81.7 Å². The van der Waals surface area contributed by atoms with E-state index in [1.807, 2.05) is 74.1 Å².